The zero-order valence-electron chi connectivity index (χ0n) is 22.5. The summed E-state index contributed by atoms with van der Waals surface area (Å²) in [6.07, 6.45) is 9.06. The minimum absolute atomic E-state index is 0.462. The van der Waals surface area contributed by atoms with Crippen LogP contribution < -0.4 is 24.4 Å². The summed E-state index contributed by atoms with van der Waals surface area (Å²) in [5.41, 5.74) is 8.70. The molecular formula is C29H44N2O4. The molecule has 0 bridgehead atoms. The van der Waals surface area contributed by atoms with Gasteiger partial charge < -0.3 is 18.9 Å². The summed E-state index contributed by atoms with van der Waals surface area (Å²) in [4.78, 5) is 0. The molecule has 0 radical (unpaired) electrons. The van der Waals surface area contributed by atoms with Crippen LogP contribution in [0.5, 0.6) is 23.0 Å². The van der Waals surface area contributed by atoms with E-state index < -0.39 is 0 Å². The average Bonchev–Trinajstić information content (AvgIpc) is 2.89. The number of ether oxygens (including phenoxy) is 4. The summed E-state index contributed by atoms with van der Waals surface area (Å²) in [7, 11) is 6.87. The van der Waals surface area contributed by atoms with Gasteiger partial charge in [-0.25, -0.2) is 5.01 Å². The molecule has 0 saturated heterocycles. The predicted molar refractivity (Wildman–Crippen MR) is 142 cm³/mol. The van der Waals surface area contributed by atoms with Gasteiger partial charge in [-0.2, -0.15) is 0 Å². The highest BCUT2D eigenvalue weighted by Gasteiger charge is 2.27. The normalized spacial score (nSPS) is 15.1. The Balaban J connectivity index is 1.69. The van der Waals surface area contributed by atoms with Gasteiger partial charge in [0.2, 0.25) is 0 Å². The Morgan fingerprint density at radius 3 is 2.26 bits per heavy atom. The largest absolute Gasteiger partial charge is 0.496 e. The molecule has 194 valence electrons. The number of nitrogens with one attached hydrogen (secondary N) is 1. The molecule has 0 spiro atoms. The minimum atomic E-state index is 0.462. The van der Waals surface area contributed by atoms with Crippen molar-refractivity contribution in [2.24, 2.45) is 0 Å². The lowest BCUT2D eigenvalue weighted by Gasteiger charge is -2.36. The van der Waals surface area contributed by atoms with Crippen molar-refractivity contribution in [1.82, 2.24) is 10.4 Å². The first-order valence-electron chi connectivity index (χ1n) is 13.0. The maximum absolute atomic E-state index is 5.71. The highest BCUT2D eigenvalue weighted by molar-refractivity contribution is 5.52. The number of methoxy groups -OCH3 is 4. The van der Waals surface area contributed by atoms with E-state index in [-0.39, 0.29) is 0 Å². The van der Waals surface area contributed by atoms with Crippen LogP contribution in [0.2, 0.25) is 0 Å². The first-order chi connectivity index (χ1) is 17.1. The molecule has 0 fully saturated rings. The summed E-state index contributed by atoms with van der Waals surface area (Å²) in [5.74, 6) is 3.48. The fraction of sp³-hybridized carbons (Fsp3) is 0.586. The monoisotopic (exact) mass is 484 g/mol. The van der Waals surface area contributed by atoms with Crippen molar-refractivity contribution in [1.29, 1.82) is 0 Å². The number of benzene rings is 2. The van der Waals surface area contributed by atoms with Gasteiger partial charge in [-0.05, 0) is 68.4 Å². The van der Waals surface area contributed by atoms with E-state index in [4.69, 9.17) is 18.9 Å². The Hall–Kier alpha value is -2.44. The van der Waals surface area contributed by atoms with E-state index in [0.717, 1.165) is 67.3 Å². The number of hydrazine groups is 1. The first-order valence-corrected chi connectivity index (χ1v) is 13.0. The van der Waals surface area contributed by atoms with Gasteiger partial charge in [-0.15, -0.1) is 0 Å². The maximum atomic E-state index is 5.71. The van der Waals surface area contributed by atoms with E-state index in [1.807, 2.05) is 13.0 Å². The highest BCUT2D eigenvalue weighted by atomic mass is 16.5. The fourth-order valence-corrected chi connectivity index (χ4v) is 5.16. The number of rotatable bonds is 14. The molecule has 2 aromatic rings. The van der Waals surface area contributed by atoms with E-state index >= 15 is 0 Å². The van der Waals surface area contributed by atoms with Gasteiger partial charge in [0, 0.05) is 30.3 Å². The Labute approximate surface area is 211 Å². The molecule has 3 rings (SSSR count). The second-order valence-electron chi connectivity index (χ2n) is 9.37. The smallest absolute Gasteiger partial charge is 0.164 e. The van der Waals surface area contributed by atoms with E-state index in [1.54, 1.807) is 28.4 Å². The highest BCUT2D eigenvalue weighted by Crippen LogP contribution is 2.38. The van der Waals surface area contributed by atoms with E-state index in [2.05, 4.69) is 35.6 Å². The average molecular weight is 485 g/mol. The van der Waals surface area contributed by atoms with Crippen LogP contribution in [0, 0.1) is 6.92 Å². The topological polar surface area (TPSA) is 52.2 Å². The summed E-state index contributed by atoms with van der Waals surface area (Å²) in [5, 5.41) is 2.50. The lowest BCUT2D eigenvalue weighted by atomic mass is 9.87. The van der Waals surface area contributed by atoms with Gasteiger partial charge in [-0.1, -0.05) is 32.3 Å². The molecule has 0 saturated carbocycles. The first kappa shape index (κ1) is 27.2. The van der Waals surface area contributed by atoms with Gasteiger partial charge >= 0.3 is 0 Å². The summed E-state index contributed by atoms with van der Waals surface area (Å²) < 4.78 is 22.4. The Kier molecular flexibility index (Phi) is 10.5. The molecule has 0 heterocycles. The zero-order chi connectivity index (χ0) is 25.2. The SMILES string of the molecule is CCCCCCN(NCCc1cc(OC)c(C)c(OC)c1)C1CCc2c(ccc(OC)c2OC)C1. The van der Waals surface area contributed by atoms with Crippen molar-refractivity contribution in [3.8, 4) is 23.0 Å². The second kappa shape index (κ2) is 13.6. The Bertz CT molecular complexity index is 922. The molecule has 0 amide bonds. The van der Waals surface area contributed by atoms with Gasteiger partial charge in [0.1, 0.15) is 11.5 Å². The summed E-state index contributed by atoms with van der Waals surface area (Å²) >= 11 is 0. The third kappa shape index (κ3) is 6.83. The summed E-state index contributed by atoms with van der Waals surface area (Å²) in [6.45, 7) is 6.23. The molecule has 0 aliphatic heterocycles. The van der Waals surface area contributed by atoms with Gasteiger partial charge in [0.25, 0.3) is 0 Å². The lowest BCUT2D eigenvalue weighted by Crippen LogP contribution is -2.49. The standard InChI is InChI=1S/C29H44N2O4/c1-7-8-9-10-17-31(30-16-15-22-18-27(33-4)21(2)28(19-22)34-5)24-12-13-25-23(20-24)11-14-26(32-3)29(25)35-6/h11,14,18-19,24,30H,7-10,12-13,15-17,20H2,1-6H3. The molecule has 35 heavy (non-hydrogen) atoms. The summed E-state index contributed by atoms with van der Waals surface area (Å²) in [6, 6.07) is 8.97. The van der Waals surface area contributed by atoms with Crippen molar-refractivity contribution in [3.05, 3.63) is 46.5 Å². The van der Waals surface area contributed by atoms with Gasteiger partial charge in [-0.3, -0.25) is 5.43 Å². The number of nitrogens with zero attached hydrogens (tertiary/aromatic N) is 1. The van der Waals surface area contributed by atoms with Gasteiger partial charge in [0.15, 0.2) is 11.5 Å². The zero-order valence-corrected chi connectivity index (χ0v) is 22.5. The molecule has 6 nitrogen and oxygen atoms in total. The molecule has 0 aromatic heterocycles. The third-order valence-electron chi connectivity index (χ3n) is 7.16. The van der Waals surface area contributed by atoms with Crippen molar-refractivity contribution in [2.45, 2.75) is 71.3 Å². The molecule has 1 N–H and O–H groups in total. The van der Waals surface area contributed by atoms with E-state index in [0.29, 0.717) is 6.04 Å². The van der Waals surface area contributed by atoms with E-state index in [9.17, 15) is 0 Å². The lowest BCUT2D eigenvalue weighted by molar-refractivity contribution is 0.109. The molecule has 1 aliphatic carbocycles. The molecule has 2 aromatic carbocycles. The number of hydrogen-bond donors (Lipinski definition) is 1. The van der Waals surface area contributed by atoms with Crippen LogP contribution in [0.1, 0.15) is 61.3 Å². The van der Waals surface area contributed by atoms with Crippen LogP contribution in [0.3, 0.4) is 0 Å². The molecule has 6 heteroatoms. The van der Waals surface area contributed by atoms with Crippen molar-refractivity contribution >= 4 is 0 Å². The molecular weight excluding hydrogens is 440 g/mol. The van der Waals surface area contributed by atoms with Crippen LogP contribution >= 0.6 is 0 Å². The number of hydrogen-bond acceptors (Lipinski definition) is 6. The number of unbranched alkanes of at least 4 members (excludes halogenated alkanes) is 3. The minimum Gasteiger partial charge on any atom is -0.496 e. The molecule has 1 aliphatic rings. The van der Waals surface area contributed by atoms with Crippen LogP contribution in [0.25, 0.3) is 0 Å². The van der Waals surface area contributed by atoms with Gasteiger partial charge in [0.05, 0.1) is 28.4 Å². The quantitative estimate of drug-likeness (QED) is 0.282. The van der Waals surface area contributed by atoms with Crippen molar-refractivity contribution < 1.29 is 18.9 Å². The van der Waals surface area contributed by atoms with Crippen molar-refractivity contribution in [2.75, 3.05) is 41.5 Å². The Morgan fingerprint density at radius 1 is 0.914 bits per heavy atom. The van der Waals surface area contributed by atoms with Crippen LogP contribution in [-0.2, 0) is 19.3 Å². The maximum Gasteiger partial charge on any atom is 0.164 e. The van der Waals surface area contributed by atoms with Crippen LogP contribution in [0.4, 0.5) is 0 Å². The van der Waals surface area contributed by atoms with Crippen LogP contribution in [-0.4, -0.2) is 52.6 Å². The number of fused-ring (bicyclic) bond motifs is 1. The third-order valence-corrected chi connectivity index (χ3v) is 7.16. The fourth-order valence-electron chi connectivity index (χ4n) is 5.16. The predicted octanol–water partition coefficient (Wildman–Crippen LogP) is 5.52. The van der Waals surface area contributed by atoms with E-state index in [1.165, 1.54) is 42.4 Å². The molecule has 1 atom stereocenters. The Morgan fingerprint density at radius 2 is 1.63 bits per heavy atom. The van der Waals surface area contributed by atoms with Crippen LogP contribution in [0.15, 0.2) is 24.3 Å². The molecule has 1 unspecified atom stereocenters. The second-order valence-corrected chi connectivity index (χ2v) is 9.37. The van der Waals surface area contributed by atoms with Crippen molar-refractivity contribution in [3.63, 3.8) is 0 Å².